The molecule has 0 aromatic carbocycles. The lowest BCUT2D eigenvalue weighted by molar-refractivity contribution is -0.226. The zero-order chi connectivity index (χ0) is 24.1. The second-order valence-electron chi connectivity index (χ2n) is 11.8. The van der Waals surface area contributed by atoms with Gasteiger partial charge in [0.15, 0.2) is 11.2 Å². The summed E-state index contributed by atoms with van der Waals surface area (Å²) in [5, 5.41) is 32.9. The van der Waals surface area contributed by atoms with Crippen molar-refractivity contribution in [3.8, 4) is 0 Å². The van der Waals surface area contributed by atoms with Gasteiger partial charge in [0.2, 0.25) is 0 Å². The third-order valence-corrected chi connectivity index (χ3v) is 10.7. The van der Waals surface area contributed by atoms with Crippen LogP contribution in [0.25, 0.3) is 0 Å². The van der Waals surface area contributed by atoms with Gasteiger partial charge in [-0.1, -0.05) is 32.4 Å². The molecule has 3 N–H and O–H groups in total. The minimum Gasteiger partial charge on any atom is -0.511 e. The molecule has 6 nitrogen and oxygen atoms in total. The van der Waals surface area contributed by atoms with Gasteiger partial charge in [0, 0.05) is 17.6 Å². The second kappa shape index (κ2) is 6.69. The molecular weight excluding hydrogens is 408 g/mol. The molecule has 178 valence electrons. The molecule has 0 aromatic heterocycles. The number of esters is 1. The van der Waals surface area contributed by atoms with Crippen molar-refractivity contribution < 1.29 is 29.6 Å². The first-order valence-electron chi connectivity index (χ1n) is 11.8. The lowest BCUT2D eigenvalue weighted by Gasteiger charge is -2.69. The Kier molecular flexibility index (Phi) is 4.91. The predicted octanol–water partition coefficient (Wildman–Crippen LogP) is 3.72. The van der Waals surface area contributed by atoms with Gasteiger partial charge >= 0.3 is 5.97 Å². The average Bonchev–Trinajstić information content (AvgIpc) is 2.91. The highest BCUT2D eigenvalue weighted by molar-refractivity contribution is 6.17. The van der Waals surface area contributed by atoms with Crippen molar-refractivity contribution in [2.24, 2.45) is 38.9 Å². The van der Waals surface area contributed by atoms with E-state index >= 15 is 0 Å². The fourth-order valence-corrected chi connectivity index (χ4v) is 8.83. The molecule has 4 aliphatic carbocycles. The smallest absolute Gasteiger partial charge is 0.321 e. The average molecular weight is 447 g/mol. The fourth-order valence-electron chi connectivity index (χ4n) is 8.83. The van der Waals surface area contributed by atoms with Crippen LogP contribution in [-0.4, -0.2) is 46.9 Å². The van der Waals surface area contributed by atoms with Crippen LogP contribution in [0.2, 0.25) is 0 Å². The lowest BCUT2D eigenvalue weighted by Crippen LogP contribution is -2.70. The van der Waals surface area contributed by atoms with E-state index in [0.29, 0.717) is 25.7 Å². The Labute approximate surface area is 190 Å². The Balaban J connectivity index is 2.05. The molecular formula is C26H38O6. The van der Waals surface area contributed by atoms with E-state index in [-0.39, 0.29) is 35.6 Å². The molecule has 0 amide bonds. The van der Waals surface area contributed by atoms with Crippen molar-refractivity contribution in [3.05, 3.63) is 23.0 Å². The van der Waals surface area contributed by atoms with E-state index in [1.54, 1.807) is 13.8 Å². The number of fused-ring (bicyclic) bond motifs is 5. The van der Waals surface area contributed by atoms with Crippen LogP contribution in [0.15, 0.2) is 23.0 Å². The molecule has 4 aliphatic rings. The van der Waals surface area contributed by atoms with E-state index in [2.05, 4.69) is 19.9 Å². The first kappa shape index (κ1) is 23.5. The van der Waals surface area contributed by atoms with Crippen LogP contribution >= 0.6 is 0 Å². The van der Waals surface area contributed by atoms with Gasteiger partial charge in [-0.2, -0.15) is 0 Å². The molecule has 0 saturated heterocycles. The fraction of sp³-hybridized carbons (Fsp3) is 0.769. The number of hydrogen-bond donors (Lipinski definition) is 3. The Bertz CT molecular complexity index is 946. The van der Waals surface area contributed by atoms with Crippen molar-refractivity contribution in [2.75, 3.05) is 13.7 Å². The molecule has 6 heteroatoms. The zero-order valence-electron chi connectivity index (χ0n) is 20.4. The summed E-state index contributed by atoms with van der Waals surface area (Å²) in [7, 11) is 1.30. The van der Waals surface area contributed by atoms with E-state index in [1.165, 1.54) is 7.11 Å². The number of Topliss-reactive ketones (excluding diaryl/α,β-unsaturated/α-hetero) is 1. The molecule has 0 aliphatic heterocycles. The molecule has 4 rings (SSSR count). The summed E-state index contributed by atoms with van der Waals surface area (Å²) in [4.78, 5) is 27.7. The quantitative estimate of drug-likeness (QED) is 0.339. The summed E-state index contributed by atoms with van der Waals surface area (Å²) in [5.41, 5.74) is -3.67. The van der Waals surface area contributed by atoms with Crippen LogP contribution in [0.5, 0.6) is 0 Å². The summed E-state index contributed by atoms with van der Waals surface area (Å²) in [6.45, 7) is 11.3. The number of ketones is 1. The minimum absolute atomic E-state index is 0.0316. The van der Waals surface area contributed by atoms with Gasteiger partial charge in [0.05, 0.1) is 18.6 Å². The van der Waals surface area contributed by atoms with Gasteiger partial charge in [0.25, 0.3) is 0 Å². The van der Waals surface area contributed by atoms with E-state index in [9.17, 15) is 24.9 Å². The molecule has 0 spiro atoms. The van der Waals surface area contributed by atoms with E-state index in [0.717, 1.165) is 5.57 Å². The number of methoxy groups -OCH3 is 1. The Hall–Kier alpha value is -1.66. The lowest BCUT2D eigenvalue weighted by atomic mass is 9.33. The highest BCUT2D eigenvalue weighted by Crippen LogP contribution is 2.77. The van der Waals surface area contributed by atoms with Gasteiger partial charge in [-0.25, -0.2) is 0 Å². The number of hydrogen-bond acceptors (Lipinski definition) is 6. The molecule has 2 saturated carbocycles. The van der Waals surface area contributed by atoms with Crippen LogP contribution in [0.3, 0.4) is 0 Å². The van der Waals surface area contributed by atoms with Crippen LogP contribution in [0.1, 0.15) is 67.2 Å². The summed E-state index contributed by atoms with van der Waals surface area (Å²) >= 11 is 0. The second-order valence-corrected chi connectivity index (χ2v) is 11.8. The number of allylic oxidation sites excluding steroid dienone is 3. The molecule has 7 atom stereocenters. The molecule has 0 bridgehead atoms. The van der Waals surface area contributed by atoms with E-state index in [4.69, 9.17) is 4.74 Å². The van der Waals surface area contributed by atoms with Crippen molar-refractivity contribution in [1.82, 2.24) is 0 Å². The number of carbonyl (C=O) groups is 2. The van der Waals surface area contributed by atoms with Crippen LogP contribution in [0.4, 0.5) is 0 Å². The summed E-state index contributed by atoms with van der Waals surface area (Å²) in [6, 6.07) is 0. The maximum absolute atomic E-state index is 14.0. The Morgan fingerprint density at radius 3 is 2.34 bits per heavy atom. The SMILES string of the molecule is COC(=O)[C@]12C(=O)C(C)=C(O)[C@@]1(C)C(C)=C[C@H]1[C@@]3(CO)CC[C@H](O)C(C)(C)[C@@H]3CC[C@@]12C. The number of aliphatic hydroxyl groups excluding tert-OH is 3. The third-order valence-electron chi connectivity index (χ3n) is 10.7. The van der Waals surface area contributed by atoms with Gasteiger partial charge in [-0.15, -0.1) is 0 Å². The van der Waals surface area contributed by atoms with E-state index in [1.807, 2.05) is 13.8 Å². The van der Waals surface area contributed by atoms with E-state index < -0.39 is 39.1 Å². The van der Waals surface area contributed by atoms with Crippen LogP contribution in [-0.2, 0) is 14.3 Å². The van der Waals surface area contributed by atoms with Gasteiger partial charge in [0.1, 0.15) is 5.76 Å². The summed E-state index contributed by atoms with van der Waals surface area (Å²) in [6.07, 6.45) is 4.05. The maximum Gasteiger partial charge on any atom is 0.321 e. The molecule has 0 radical (unpaired) electrons. The third kappa shape index (κ3) is 2.15. The van der Waals surface area contributed by atoms with Crippen LogP contribution < -0.4 is 0 Å². The first-order chi connectivity index (χ1) is 14.7. The minimum atomic E-state index is -1.60. The van der Waals surface area contributed by atoms with Gasteiger partial charge < -0.3 is 20.1 Å². The topological polar surface area (TPSA) is 104 Å². The van der Waals surface area contributed by atoms with Crippen molar-refractivity contribution in [1.29, 1.82) is 0 Å². The normalized spacial score (nSPS) is 47.3. The molecule has 0 heterocycles. The molecule has 0 unspecified atom stereocenters. The van der Waals surface area contributed by atoms with Crippen molar-refractivity contribution >= 4 is 11.8 Å². The monoisotopic (exact) mass is 446 g/mol. The largest absolute Gasteiger partial charge is 0.511 e. The highest BCUT2D eigenvalue weighted by atomic mass is 16.5. The van der Waals surface area contributed by atoms with Gasteiger partial charge in [-0.05, 0) is 69.1 Å². The van der Waals surface area contributed by atoms with Crippen molar-refractivity contribution in [2.45, 2.75) is 73.3 Å². The van der Waals surface area contributed by atoms with Gasteiger partial charge in [-0.3, -0.25) is 9.59 Å². The summed E-state index contributed by atoms with van der Waals surface area (Å²) in [5.74, 6) is -1.29. The van der Waals surface area contributed by atoms with Crippen LogP contribution in [0, 0.1) is 38.9 Å². The first-order valence-corrected chi connectivity index (χ1v) is 11.8. The Morgan fingerprint density at radius 1 is 1.16 bits per heavy atom. The number of aliphatic hydroxyl groups is 3. The number of rotatable bonds is 2. The zero-order valence-corrected chi connectivity index (χ0v) is 20.4. The number of carbonyl (C=O) groups excluding carboxylic acids is 2. The highest BCUT2D eigenvalue weighted by Gasteiger charge is 2.80. The Morgan fingerprint density at radius 2 is 1.78 bits per heavy atom. The predicted molar refractivity (Wildman–Crippen MR) is 120 cm³/mol. The molecule has 2 fully saturated rings. The number of ether oxygens (including phenoxy) is 1. The maximum atomic E-state index is 14.0. The van der Waals surface area contributed by atoms with Crippen molar-refractivity contribution in [3.63, 3.8) is 0 Å². The standard InChI is InChI=1S/C26H38O6/c1-14-12-17-23(5,10-8-16-22(3,4)18(28)9-11-25(16,17)13-27)26(21(31)32-7)20(30)15(2)19(29)24(14,26)6/h12,16-18,27-29H,8-11,13H2,1-7H3/t16-,17+,18-,23-,24+,25+,26-/m0/s1. The molecule has 32 heavy (non-hydrogen) atoms. The summed E-state index contributed by atoms with van der Waals surface area (Å²) < 4.78 is 5.32. The molecule has 0 aromatic rings.